The van der Waals surface area contributed by atoms with Crippen LogP contribution < -0.4 is 10.6 Å². The van der Waals surface area contributed by atoms with E-state index in [1.165, 1.54) is 0 Å². The van der Waals surface area contributed by atoms with Gasteiger partial charge in [0.1, 0.15) is 11.4 Å². The van der Waals surface area contributed by atoms with Gasteiger partial charge in [0.25, 0.3) is 0 Å². The molecule has 3 aliphatic heterocycles. The molecular weight excluding hydrogens is 369 g/mol. The zero-order valence-corrected chi connectivity index (χ0v) is 15.9. The fourth-order valence-corrected chi connectivity index (χ4v) is 4.27. The fraction of sp³-hybridized carbons (Fsp3) is 0.789. The number of halogens is 3. The zero-order chi connectivity index (χ0) is 19.6. The van der Waals surface area contributed by atoms with E-state index in [9.17, 15) is 13.2 Å². The first kappa shape index (κ1) is 19.7. The van der Waals surface area contributed by atoms with Gasteiger partial charge in [0, 0.05) is 13.1 Å². The van der Waals surface area contributed by atoms with Crippen LogP contribution in [0.25, 0.3) is 0 Å². The minimum Gasteiger partial charge on any atom is -0.309 e. The highest BCUT2D eigenvalue weighted by molar-refractivity contribution is 6.00. The lowest BCUT2D eigenvalue weighted by molar-refractivity contribution is -0.179. The van der Waals surface area contributed by atoms with Crippen LogP contribution in [0.4, 0.5) is 13.2 Å². The van der Waals surface area contributed by atoms with E-state index in [-0.39, 0.29) is 25.0 Å². The first-order valence-electron chi connectivity index (χ1n) is 10.3. The summed E-state index contributed by atoms with van der Waals surface area (Å²) >= 11 is 0. The molecule has 3 unspecified atom stereocenters. The SMILES string of the molecule is FC(F)(F)C1CCC(c2nnc(C3CCCCN3)c(C3=NCCCC3)n2)NC1. The maximum absolute atomic E-state index is 12.9. The fourth-order valence-electron chi connectivity index (χ4n) is 4.27. The molecule has 2 N–H and O–H groups in total. The second kappa shape index (κ2) is 8.41. The summed E-state index contributed by atoms with van der Waals surface area (Å²) in [6, 6.07) is -0.168. The van der Waals surface area contributed by atoms with Gasteiger partial charge >= 0.3 is 6.18 Å². The van der Waals surface area contributed by atoms with Crippen molar-refractivity contribution >= 4 is 5.71 Å². The lowest BCUT2D eigenvalue weighted by atomic mass is 9.93. The molecule has 0 radical (unpaired) electrons. The Labute approximate surface area is 162 Å². The number of rotatable bonds is 3. The quantitative estimate of drug-likeness (QED) is 0.820. The first-order chi connectivity index (χ1) is 13.5. The van der Waals surface area contributed by atoms with Gasteiger partial charge in [-0.25, -0.2) is 4.98 Å². The standard InChI is InChI=1S/C19H27F3N6/c20-19(21,22)12-7-8-15(25-11-12)18-26-16(13-5-1-3-9-23-13)17(27-28-18)14-6-2-4-10-24-14/h12,14-15,24-25H,1-11H2. The Bertz CT molecular complexity index is 706. The molecule has 2 saturated heterocycles. The van der Waals surface area contributed by atoms with Crippen LogP contribution in [0.1, 0.15) is 80.7 Å². The van der Waals surface area contributed by atoms with Crippen LogP contribution in [0.3, 0.4) is 0 Å². The van der Waals surface area contributed by atoms with Crippen LogP contribution in [0, 0.1) is 5.92 Å². The van der Waals surface area contributed by atoms with Crippen LogP contribution in [-0.4, -0.2) is 46.7 Å². The molecule has 1 aromatic heterocycles. The number of alkyl halides is 3. The second-order valence-corrected chi connectivity index (χ2v) is 7.97. The van der Waals surface area contributed by atoms with Crippen molar-refractivity contribution in [3.8, 4) is 0 Å². The topological polar surface area (TPSA) is 75.1 Å². The predicted octanol–water partition coefficient (Wildman–Crippen LogP) is 3.26. The van der Waals surface area contributed by atoms with Crippen LogP contribution in [0.2, 0.25) is 0 Å². The normalized spacial score (nSPS) is 29.4. The Hall–Kier alpha value is -1.61. The summed E-state index contributed by atoms with van der Waals surface area (Å²) in [6.07, 6.45) is 2.59. The molecule has 3 atom stereocenters. The van der Waals surface area contributed by atoms with Crippen LogP contribution in [0.5, 0.6) is 0 Å². The predicted molar refractivity (Wildman–Crippen MR) is 99.2 cm³/mol. The van der Waals surface area contributed by atoms with Gasteiger partial charge in [0.2, 0.25) is 0 Å². The Kier molecular flexibility index (Phi) is 5.91. The average molecular weight is 396 g/mol. The molecular formula is C19H27F3N6. The summed E-state index contributed by atoms with van der Waals surface area (Å²) in [6.45, 7) is 1.64. The van der Waals surface area contributed by atoms with Gasteiger partial charge in [-0.3, -0.25) is 4.99 Å². The molecule has 0 spiro atoms. The van der Waals surface area contributed by atoms with E-state index in [2.05, 4.69) is 25.8 Å². The van der Waals surface area contributed by atoms with Gasteiger partial charge in [-0.05, 0) is 51.5 Å². The third-order valence-electron chi connectivity index (χ3n) is 5.96. The molecule has 2 fully saturated rings. The number of nitrogens with one attached hydrogen (secondary N) is 2. The number of aliphatic imine (C=N–C) groups is 1. The van der Waals surface area contributed by atoms with E-state index in [4.69, 9.17) is 4.98 Å². The molecule has 9 heteroatoms. The third-order valence-corrected chi connectivity index (χ3v) is 5.96. The van der Waals surface area contributed by atoms with Crippen molar-refractivity contribution in [2.45, 2.75) is 69.6 Å². The second-order valence-electron chi connectivity index (χ2n) is 7.97. The monoisotopic (exact) mass is 396 g/mol. The highest BCUT2D eigenvalue weighted by Gasteiger charge is 2.42. The number of piperidine rings is 2. The minimum absolute atomic E-state index is 0.0900. The molecule has 0 amide bonds. The Morgan fingerprint density at radius 2 is 1.79 bits per heavy atom. The highest BCUT2D eigenvalue weighted by atomic mass is 19.4. The van der Waals surface area contributed by atoms with Crippen molar-refractivity contribution in [1.29, 1.82) is 0 Å². The van der Waals surface area contributed by atoms with Gasteiger partial charge < -0.3 is 10.6 Å². The highest BCUT2D eigenvalue weighted by Crippen LogP contribution is 2.35. The van der Waals surface area contributed by atoms with E-state index in [0.29, 0.717) is 12.2 Å². The molecule has 154 valence electrons. The van der Waals surface area contributed by atoms with Gasteiger partial charge in [0.05, 0.1) is 23.7 Å². The van der Waals surface area contributed by atoms with Gasteiger partial charge in [0.15, 0.2) is 5.82 Å². The minimum atomic E-state index is -4.16. The Balaban J connectivity index is 1.58. The smallest absolute Gasteiger partial charge is 0.309 e. The van der Waals surface area contributed by atoms with Crippen molar-refractivity contribution in [3.63, 3.8) is 0 Å². The number of hydrogen-bond acceptors (Lipinski definition) is 6. The van der Waals surface area contributed by atoms with E-state index in [0.717, 1.165) is 68.7 Å². The number of hydrogen-bond donors (Lipinski definition) is 2. The van der Waals surface area contributed by atoms with E-state index < -0.39 is 12.1 Å². The molecule has 28 heavy (non-hydrogen) atoms. The molecule has 0 bridgehead atoms. The molecule has 1 aromatic rings. The Morgan fingerprint density at radius 3 is 2.43 bits per heavy atom. The zero-order valence-electron chi connectivity index (χ0n) is 15.9. The maximum atomic E-state index is 12.9. The third kappa shape index (κ3) is 4.35. The van der Waals surface area contributed by atoms with Crippen LogP contribution in [0.15, 0.2) is 4.99 Å². The largest absolute Gasteiger partial charge is 0.393 e. The van der Waals surface area contributed by atoms with Crippen molar-refractivity contribution in [3.05, 3.63) is 17.2 Å². The molecule has 0 saturated carbocycles. The summed E-state index contributed by atoms with van der Waals surface area (Å²) in [7, 11) is 0. The number of nitrogens with zero attached hydrogens (tertiary/aromatic N) is 4. The summed E-state index contributed by atoms with van der Waals surface area (Å²) in [5, 5.41) is 15.3. The van der Waals surface area contributed by atoms with Crippen LogP contribution >= 0.6 is 0 Å². The van der Waals surface area contributed by atoms with Gasteiger partial charge in [-0.1, -0.05) is 6.42 Å². The van der Waals surface area contributed by atoms with Crippen molar-refractivity contribution in [1.82, 2.24) is 25.8 Å². The summed E-state index contributed by atoms with van der Waals surface area (Å²) in [5.41, 5.74) is 2.60. The van der Waals surface area contributed by atoms with E-state index in [1.54, 1.807) is 0 Å². The van der Waals surface area contributed by atoms with E-state index in [1.807, 2.05) is 0 Å². The Morgan fingerprint density at radius 1 is 0.893 bits per heavy atom. The van der Waals surface area contributed by atoms with Crippen molar-refractivity contribution in [2.75, 3.05) is 19.6 Å². The van der Waals surface area contributed by atoms with Crippen LogP contribution in [-0.2, 0) is 0 Å². The lowest BCUT2D eigenvalue weighted by Gasteiger charge is -2.30. The lowest BCUT2D eigenvalue weighted by Crippen LogP contribution is -2.41. The molecule has 4 rings (SSSR count). The molecule has 6 nitrogen and oxygen atoms in total. The first-order valence-corrected chi connectivity index (χ1v) is 10.3. The van der Waals surface area contributed by atoms with Crippen molar-refractivity contribution in [2.24, 2.45) is 10.9 Å². The molecule has 0 aliphatic carbocycles. The molecule has 0 aromatic carbocycles. The summed E-state index contributed by atoms with van der Waals surface area (Å²) in [4.78, 5) is 9.47. The van der Waals surface area contributed by atoms with E-state index >= 15 is 0 Å². The van der Waals surface area contributed by atoms with Crippen molar-refractivity contribution < 1.29 is 13.2 Å². The average Bonchev–Trinajstić information content (AvgIpc) is 2.74. The van der Waals surface area contributed by atoms with Gasteiger partial charge in [-0.15, -0.1) is 10.2 Å². The van der Waals surface area contributed by atoms with Gasteiger partial charge in [-0.2, -0.15) is 13.2 Å². The molecule has 3 aliphatic rings. The maximum Gasteiger partial charge on any atom is 0.393 e. The number of aromatic nitrogens is 3. The molecule has 4 heterocycles. The summed E-state index contributed by atoms with van der Waals surface area (Å²) in [5.74, 6) is -0.812. The summed E-state index contributed by atoms with van der Waals surface area (Å²) < 4.78 is 38.8.